The average Bonchev–Trinajstić information content (AvgIpc) is 2.11. The SMILES string of the molecule is CCC(O)Cc1cc(C)ccc1C. The second kappa shape index (κ2) is 4.43. The molecule has 0 aliphatic rings. The van der Waals surface area contributed by atoms with Crippen molar-refractivity contribution in [2.75, 3.05) is 0 Å². The molecule has 0 amide bonds. The number of aliphatic hydroxyl groups is 1. The molecule has 0 bridgehead atoms. The predicted molar refractivity (Wildman–Crippen MR) is 55.9 cm³/mol. The van der Waals surface area contributed by atoms with E-state index in [2.05, 4.69) is 32.0 Å². The van der Waals surface area contributed by atoms with Crippen LogP contribution >= 0.6 is 0 Å². The van der Waals surface area contributed by atoms with E-state index in [1.54, 1.807) is 0 Å². The summed E-state index contributed by atoms with van der Waals surface area (Å²) in [5.74, 6) is 0. The summed E-state index contributed by atoms with van der Waals surface area (Å²) in [5, 5.41) is 9.53. The van der Waals surface area contributed by atoms with Gasteiger partial charge in [0.05, 0.1) is 6.10 Å². The third-order valence-corrected chi connectivity index (χ3v) is 2.43. The summed E-state index contributed by atoms with van der Waals surface area (Å²) in [6.45, 7) is 6.19. The first-order valence-corrected chi connectivity index (χ1v) is 4.87. The summed E-state index contributed by atoms with van der Waals surface area (Å²) in [5.41, 5.74) is 3.82. The molecule has 0 heterocycles. The van der Waals surface area contributed by atoms with E-state index in [9.17, 15) is 5.11 Å². The lowest BCUT2D eigenvalue weighted by molar-refractivity contribution is 0.170. The van der Waals surface area contributed by atoms with Crippen LogP contribution in [0.4, 0.5) is 0 Å². The molecule has 1 aromatic rings. The molecule has 0 saturated carbocycles. The minimum Gasteiger partial charge on any atom is -0.393 e. The number of aliphatic hydroxyl groups excluding tert-OH is 1. The molecule has 0 aliphatic heterocycles. The molecule has 0 saturated heterocycles. The zero-order valence-electron chi connectivity index (χ0n) is 8.67. The highest BCUT2D eigenvalue weighted by Gasteiger charge is 2.04. The van der Waals surface area contributed by atoms with Crippen LogP contribution in [0, 0.1) is 13.8 Å². The standard InChI is InChI=1S/C12H18O/c1-4-12(13)8-11-7-9(2)5-6-10(11)3/h5-7,12-13H,4,8H2,1-3H3. The van der Waals surface area contributed by atoms with E-state index in [1.807, 2.05) is 6.92 Å². The average molecular weight is 178 g/mol. The summed E-state index contributed by atoms with van der Waals surface area (Å²) in [6.07, 6.45) is 1.41. The fourth-order valence-corrected chi connectivity index (χ4v) is 1.42. The second-order valence-corrected chi connectivity index (χ2v) is 3.70. The van der Waals surface area contributed by atoms with Gasteiger partial charge in [-0.15, -0.1) is 0 Å². The lowest BCUT2D eigenvalue weighted by Gasteiger charge is -2.10. The Hall–Kier alpha value is -0.820. The van der Waals surface area contributed by atoms with Crippen molar-refractivity contribution in [1.29, 1.82) is 0 Å². The van der Waals surface area contributed by atoms with Gasteiger partial charge in [0.25, 0.3) is 0 Å². The topological polar surface area (TPSA) is 20.2 Å². The first-order chi connectivity index (χ1) is 6.13. The lowest BCUT2D eigenvalue weighted by Crippen LogP contribution is -2.09. The van der Waals surface area contributed by atoms with Crippen LogP contribution in [0.25, 0.3) is 0 Å². The van der Waals surface area contributed by atoms with Gasteiger partial charge in [-0.2, -0.15) is 0 Å². The Morgan fingerprint density at radius 3 is 2.62 bits per heavy atom. The van der Waals surface area contributed by atoms with Crippen molar-refractivity contribution < 1.29 is 5.11 Å². The molecular weight excluding hydrogens is 160 g/mol. The van der Waals surface area contributed by atoms with Gasteiger partial charge in [0, 0.05) is 0 Å². The molecule has 13 heavy (non-hydrogen) atoms. The third-order valence-electron chi connectivity index (χ3n) is 2.43. The highest BCUT2D eigenvalue weighted by Crippen LogP contribution is 2.13. The third kappa shape index (κ3) is 2.85. The molecule has 1 unspecified atom stereocenters. The Bertz CT molecular complexity index is 278. The maximum atomic E-state index is 9.53. The van der Waals surface area contributed by atoms with E-state index in [0.29, 0.717) is 0 Å². The van der Waals surface area contributed by atoms with E-state index in [0.717, 1.165) is 12.8 Å². The normalized spacial score (nSPS) is 12.9. The van der Waals surface area contributed by atoms with Crippen molar-refractivity contribution in [3.05, 3.63) is 34.9 Å². The molecule has 0 aromatic heterocycles. The van der Waals surface area contributed by atoms with Crippen molar-refractivity contribution in [1.82, 2.24) is 0 Å². The zero-order valence-corrected chi connectivity index (χ0v) is 8.67. The van der Waals surface area contributed by atoms with Crippen molar-refractivity contribution >= 4 is 0 Å². The van der Waals surface area contributed by atoms with E-state index < -0.39 is 0 Å². The molecule has 1 rings (SSSR count). The predicted octanol–water partition coefficient (Wildman–Crippen LogP) is 2.62. The Labute approximate surface area is 80.4 Å². The van der Waals surface area contributed by atoms with E-state index in [-0.39, 0.29) is 6.10 Å². The first-order valence-electron chi connectivity index (χ1n) is 4.87. The van der Waals surface area contributed by atoms with Crippen LogP contribution in [0.2, 0.25) is 0 Å². The molecule has 1 nitrogen and oxygen atoms in total. The summed E-state index contributed by atoms with van der Waals surface area (Å²) in [6, 6.07) is 6.39. The van der Waals surface area contributed by atoms with E-state index in [4.69, 9.17) is 0 Å². The van der Waals surface area contributed by atoms with Crippen LogP contribution in [0.15, 0.2) is 18.2 Å². The minimum atomic E-state index is -0.194. The summed E-state index contributed by atoms with van der Waals surface area (Å²) < 4.78 is 0. The van der Waals surface area contributed by atoms with Gasteiger partial charge in [0.2, 0.25) is 0 Å². The number of hydrogen-bond donors (Lipinski definition) is 1. The summed E-state index contributed by atoms with van der Waals surface area (Å²) in [4.78, 5) is 0. The summed E-state index contributed by atoms with van der Waals surface area (Å²) >= 11 is 0. The van der Waals surface area contributed by atoms with Crippen LogP contribution in [-0.2, 0) is 6.42 Å². The fourth-order valence-electron chi connectivity index (χ4n) is 1.42. The van der Waals surface area contributed by atoms with Crippen molar-refractivity contribution in [3.63, 3.8) is 0 Å². The van der Waals surface area contributed by atoms with Gasteiger partial charge in [-0.1, -0.05) is 30.7 Å². The van der Waals surface area contributed by atoms with Gasteiger partial charge >= 0.3 is 0 Å². The number of benzene rings is 1. The van der Waals surface area contributed by atoms with Gasteiger partial charge in [-0.3, -0.25) is 0 Å². The van der Waals surface area contributed by atoms with Gasteiger partial charge in [0.1, 0.15) is 0 Å². The molecule has 1 atom stereocenters. The zero-order chi connectivity index (χ0) is 9.84. The molecule has 1 aromatic carbocycles. The smallest absolute Gasteiger partial charge is 0.0578 e. The quantitative estimate of drug-likeness (QED) is 0.754. The Morgan fingerprint density at radius 1 is 1.31 bits per heavy atom. The molecule has 0 aliphatic carbocycles. The maximum Gasteiger partial charge on any atom is 0.0578 e. The first kappa shape index (κ1) is 10.3. The van der Waals surface area contributed by atoms with Crippen molar-refractivity contribution in [2.24, 2.45) is 0 Å². The monoisotopic (exact) mass is 178 g/mol. The molecule has 1 heteroatoms. The Balaban J connectivity index is 2.81. The van der Waals surface area contributed by atoms with Crippen LogP contribution in [0.3, 0.4) is 0 Å². The Morgan fingerprint density at radius 2 is 2.00 bits per heavy atom. The number of aryl methyl sites for hydroxylation is 2. The van der Waals surface area contributed by atoms with Crippen LogP contribution in [-0.4, -0.2) is 11.2 Å². The number of rotatable bonds is 3. The van der Waals surface area contributed by atoms with Crippen molar-refractivity contribution in [2.45, 2.75) is 39.7 Å². The van der Waals surface area contributed by atoms with Gasteiger partial charge in [0.15, 0.2) is 0 Å². The lowest BCUT2D eigenvalue weighted by atomic mass is 9.99. The van der Waals surface area contributed by atoms with Crippen LogP contribution in [0.5, 0.6) is 0 Å². The molecule has 1 N–H and O–H groups in total. The van der Waals surface area contributed by atoms with Gasteiger partial charge < -0.3 is 5.11 Å². The van der Waals surface area contributed by atoms with Crippen LogP contribution in [0.1, 0.15) is 30.0 Å². The van der Waals surface area contributed by atoms with E-state index >= 15 is 0 Å². The maximum absolute atomic E-state index is 9.53. The Kier molecular flexibility index (Phi) is 3.49. The highest BCUT2D eigenvalue weighted by molar-refractivity contribution is 5.30. The van der Waals surface area contributed by atoms with E-state index in [1.165, 1.54) is 16.7 Å². The van der Waals surface area contributed by atoms with Crippen molar-refractivity contribution in [3.8, 4) is 0 Å². The highest BCUT2D eigenvalue weighted by atomic mass is 16.3. The van der Waals surface area contributed by atoms with Gasteiger partial charge in [-0.05, 0) is 37.8 Å². The minimum absolute atomic E-state index is 0.194. The largest absolute Gasteiger partial charge is 0.393 e. The summed E-state index contributed by atoms with van der Waals surface area (Å²) in [7, 11) is 0. The molecule has 0 radical (unpaired) electrons. The number of hydrogen-bond acceptors (Lipinski definition) is 1. The van der Waals surface area contributed by atoms with Crippen LogP contribution < -0.4 is 0 Å². The molecule has 0 spiro atoms. The fraction of sp³-hybridized carbons (Fsp3) is 0.500. The molecular formula is C12H18O. The molecule has 0 fully saturated rings. The van der Waals surface area contributed by atoms with Gasteiger partial charge in [-0.25, -0.2) is 0 Å². The molecule has 72 valence electrons. The second-order valence-electron chi connectivity index (χ2n) is 3.70.